The summed E-state index contributed by atoms with van der Waals surface area (Å²) in [6.45, 7) is 1.22. The minimum absolute atomic E-state index is 0.126. The highest BCUT2D eigenvalue weighted by Crippen LogP contribution is 2.30. The van der Waals surface area contributed by atoms with Crippen LogP contribution in [0.1, 0.15) is 5.56 Å². The standard InChI is InChI=1S/C7H4Cl2F2O2S/c1-3-2-4(10)5(8)6(11)7(3)14(9,12)13/h2H,1H3. The molecule has 14 heavy (non-hydrogen) atoms. The van der Waals surface area contributed by atoms with E-state index in [2.05, 4.69) is 0 Å². The van der Waals surface area contributed by atoms with E-state index in [1.165, 1.54) is 6.92 Å². The molecule has 0 aliphatic rings. The van der Waals surface area contributed by atoms with Crippen molar-refractivity contribution in [2.24, 2.45) is 0 Å². The van der Waals surface area contributed by atoms with Gasteiger partial charge in [0.1, 0.15) is 15.7 Å². The molecular formula is C7H4Cl2F2O2S. The predicted molar refractivity (Wildman–Crippen MR) is 49.1 cm³/mol. The third-order valence-electron chi connectivity index (χ3n) is 1.55. The number of halogens is 4. The van der Waals surface area contributed by atoms with Gasteiger partial charge in [0, 0.05) is 10.7 Å². The zero-order valence-corrected chi connectivity index (χ0v) is 9.14. The van der Waals surface area contributed by atoms with Crippen LogP contribution in [0, 0.1) is 18.6 Å². The molecule has 2 nitrogen and oxygen atoms in total. The molecule has 1 rings (SSSR count). The maximum atomic E-state index is 13.2. The molecule has 78 valence electrons. The molecule has 0 saturated carbocycles. The summed E-state index contributed by atoms with van der Waals surface area (Å²) in [5.41, 5.74) is -0.126. The Labute approximate surface area is 88.9 Å². The van der Waals surface area contributed by atoms with Crippen molar-refractivity contribution in [3.8, 4) is 0 Å². The highest BCUT2D eigenvalue weighted by Gasteiger charge is 2.23. The van der Waals surface area contributed by atoms with Crippen LogP contribution < -0.4 is 0 Å². The SMILES string of the molecule is Cc1cc(F)c(Cl)c(F)c1S(=O)(=O)Cl. The predicted octanol–water partition coefficient (Wildman–Crippen LogP) is 2.85. The average Bonchev–Trinajstić information content (AvgIpc) is 1.97. The summed E-state index contributed by atoms with van der Waals surface area (Å²) in [6.07, 6.45) is 0. The van der Waals surface area contributed by atoms with Gasteiger partial charge in [-0.2, -0.15) is 0 Å². The second-order valence-electron chi connectivity index (χ2n) is 2.57. The summed E-state index contributed by atoms with van der Waals surface area (Å²) < 4.78 is 47.7. The highest BCUT2D eigenvalue weighted by atomic mass is 35.7. The van der Waals surface area contributed by atoms with Crippen LogP contribution in [0.4, 0.5) is 8.78 Å². The summed E-state index contributed by atoms with van der Waals surface area (Å²) in [6, 6.07) is 0.806. The van der Waals surface area contributed by atoms with Gasteiger partial charge in [-0.05, 0) is 18.6 Å². The Hall–Kier alpha value is -0.390. The normalized spacial score (nSPS) is 11.8. The van der Waals surface area contributed by atoms with Crippen molar-refractivity contribution in [1.29, 1.82) is 0 Å². The van der Waals surface area contributed by atoms with Gasteiger partial charge >= 0.3 is 0 Å². The first-order chi connectivity index (χ1) is 6.25. The van der Waals surface area contributed by atoms with Gasteiger partial charge < -0.3 is 0 Å². The van der Waals surface area contributed by atoms with E-state index in [9.17, 15) is 17.2 Å². The van der Waals surface area contributed by atoms with E-state index in [1.807, 2.05) is 0 Å². The van der Waals surface area contributed by atoms with Crippen LogP contribution in [0.2, 0.25) is 5.02 Å². The molecule has 0 unspecified atom stereocenters. The van der Waals surface area contributed by atoms with Crippen LogP contribution in [0.3, 0.4) is 0 Å². The monoisotopic (exact) mass is 260 g/mol. The molecule has 0 bridgehead atoms. The first-order valence-corrected chi connectivity index (χ1v) is 6.02. The lowest BCUT2D eigenvalue weighted by atomic mass is 10.2. The molecule has 1 aromatic carbocycles. The van der Waals surface area contributed by atoms with E-state index >= 15 is 0 Å². The topological polar surface area (TPSA) is 34.1 Å². The van der Waals surface area contributed by atoms with Gasteiger partial charge in [0.15, 0.2) is 5.82 Å². The molecule has 0 radical (unpaired) electrons. The number of benzene rings is 1. The molecule has 7 heteroatoms. The molecule has 1 aromatic rings. The Balaban J connectivity index is 3.70. The third-order valence-corrected chi connectivity index (χ3v) is 3.35. The molecule has 0 aliphatic heterocycles. The Bertz CT molecular complexity index is 485. The molecule has 0 atom stereocenters. The van der Waals surface area contributed by atoms with Gasteiger partial charge in [0.25, 0.3) is 9.05 Å². The van der Waals surface area contributed by atoms with Crippen molar-refractivity contribution in [3.63, 3.8) is 0 Å². The number of aryl methyl sites for hydroxylation is 1. The Kier molecular flexibility index (Phi) is 3.04. The summed E-state index contributed by atoms with van der Waals surface area (Å²) >= 11 is 5.19. The number of hydrogen-bond donors (Lipinski definition) is 0. The zero-order chi connectivity index (χ0) is 11.1. The van der Waals surface area contributed by atoms with E-state index in [4.69, 9.17) is 22.3 Å². The maximum Gasteiger partial charge on any atom is 0.264 e. The molecule has 0 aromatic heterocycles. The van der Waals surface area contributed by atoms with Gasteiger partial charge in [-0.15, -0.1) is 0 Å². The minimum Gasteiger partial charge on any atom is -0.207 e. The lowest BCUT2D eigenvalue weighted by Gasteiger charge is -2.05. The van der Waals surface area contributed by atoms with Crippen molar-refractivity contribution in [1.82, 2.24) is 0 Å². The van der Waals surface area contributed by atoms with E-state index < -0.39 is 30.6 Å². The van der Waals surface area contributed by atoms with Crippen LogP contribution in [0.25, 0.3) is 0 Å². The number of rotatable bonds is 1. The van der Waals surface area contributed by atoms with Crippen molar-refractivity contribution in [2.45, 2.75) is 11.8 Å². The molecule has 0 N–H and O–H groups in total. The zero-order valence-electron chi connectivity index (χ0n) is 6.81. The van der Waals surface area contributed by atoms with Crippen molar-refractivity contribution in [3.05, 3.63) is 28.3 Å². The minimum atomic E-state index is -4.26. The van der Waals surface area contributed by atoms with Gasteiger partial charge in [-0.25, -0.2) is 17.2 Å². The number of hydrogen-bond acceptors (Lipinski definition) is 2. The lowest BCUT2D eigenvalue weighted by Crippen LogP contribution is -2.01. The summed E-state index contributed by atoms with van der Waals surface area (Å²) in [7, 11) is 0.687. The second-order valence-corrected chi connectivity index (χ2v) is 5.45. The first kappa shape index (κ1) is 11.7. The summed E-state index contributed by atoms with van der Waals surface area (Å²) in [4.78, 5) is -0.787. The van der Waals surface area contributed by atoms with Gasteiger partial charge in [-0.3, -0.25) is 0 Å². The van der Waals surface area contributed by atoms with E-state index in [-0.39, 0.29) is 5.56 Å². The molecule has 0 heterocycles. The second kappa shape index (κ2) is 3.64. The summed E-state index contributed by atoms with van der Waals surface area (Å²) in [5.74, 6) is -2.38. The fourth-order valence-electron chi connectivity index (χ4n) is 0.996. The van der Waals surface area contributed by atoms with Crippen LogP contribution in [0.5, 0.6) is 0 Å². The van der Waals surface area contributed by atoms with Gasteiger partial charge in [-0.1, -0.05) is 11.6 Å². The van der Waals surface area contributed by atoms with E-state index in [1.54, 1.807) is 0 Å². The molecule has 0 amide bonds. The lowest BCUT2D eigenvalue weighted by molar-refractivity contribution is 0.551. The Morgan fingerprint density at radius 1 is 1.36 bits per heavy atom. The van der Waals surface area contributed by atoms with Crippen LogP contribution in [-0.2, 0) is 9.05 Å². The molecule has 0 spiro atoms. The van der Waals surface area contributed by atoms with Gasteiger partial charge in [0.2, 0.25) is 0 Å². The van der Waals surface area contributed by atoms with Crippen LogP contribution in [0.15, 0.2) is 11.0 Å². The highest BCUT2D eigenvalue weighted by molar-refractivity contribution is 8.13. The first-order valence-electron chi connectivity index (χ1n) is 3.34. The Morgan fingerprint density at radius 2 is 1.86 bits per heavy atom. The van der Waals surface area contributed by atoms with Crippen LogP contribution >= 0.6 is 22.3 Å². The molecule has 0 saturated heterocycles. The molecule has 0 fully saturated rings. The van der Waals surface area contributed by atoms with E-state index in [0.29, 0.717) is 0 Å². The van der Waals surface area contributed by atoms with Gasteiger partial charge in [0.05, 0.1) is 0 Å². The molecular weight excluding hydrogens is 257 g/mol. The maximum absolute atomic E-state index is 13.2. The summed E-state index contributed by atoms with van der Waals surface area (Å²) in [5, 5.41) is -0.880. The molecule has 0 aliphatic carbocycles. The fraction of sp³-hybridized carbons (Fsp3) is 0.143. The van der Waals surface area contributed by atoms with E-state index in [0.717, 1.165) is 6.07 Å². The Morgan fingerprint density at radius 3 is 2.29 bits per heavy atom. The van der Waals surface area contributed by atoms with Crippen molar-refractivity contribution < 1.29 is 17.2 Å². The third kappa shape index (κ3) is 1.99. The smallest absolute Gasteiger partial charge is 0.207 e. The largest absolute Gasteiger partial charge is 0.264 e. The van der Waals surface area contributed by atoms with Crippen molar-refractivity contribution >= 4 is 31.3 Å². The quantitative estimate of drug-likeness (QED) is 0.575. The van der Waals surface area contributed by atoms with Crippen LogP contribution in [-0.4, -0.2) is 8.42 Å². The average molecular weight is 261 g/mol. The van der Waals surface area contributed by atoms with Crippen molar-refractivity contribution in [2.75, 3.05) is 0 Å². The fourth-order valence-corrected chi connectivity index (χ4v) is 2.53.